The van der Waals surface area contributed by atoms with Crippen LogP contribution in [0.2, 0.25) is 0 Å². The van der Waals surface area contributed by atoms with E-state index in [9.17, 15) is 0 Å². The van der Waals surface area contributed by atoms with Gasteiger partial charge in [-0.15, -0.1) is 0 Å². The van der Waals surface area contributed by atoms with E-state index in [2.05, 4.69) is 305 Å². The van der Waals surface area contributed by atoms with Crippen molar-refractivity contribution in [3.63, 3.8) is 0 Å². The van der Waals surface area contributed by atoms with Crippen LogP contribution in [0, 0.1) is 0 Å². The summed E-state index contributed by atoms with van der Waals surface area (Å²) < 4.78 is 4.73. The zero-order chi connectivity index (χ0) is 62.8. The van der Waals surface area contributed by atoms with E-state index in [-0.39, 0.29) is 21.7 Å². The van der Waals surface area contributed by atoms with E-state index < -0.39 is 10.8 Å². The molecule has 3 heterocycles. The first-order valence-electron chi connectivity index (χ1n) is 33.2. The fraction of sp³-hybridized carbons (Fsp3) is 0.111. The van der Waals surface area contributed by atoms with Crippen LogP contribution in [0.1, 0.15) is 97.2 Å². The van der Waals surface area contributed by atoms with Gasteiger partial charge in [0.05, 0.1) is 38.4 Å². The maximum atomic E-state index is 16.3. The Morgan fingerprint density at radius 3 is 1.12 bits per heavy atom. The Labute approximate surface area is 543 Å². The first-order valence-corrected chi connectivity index (χ1v) is 33.2. The standard InChI is InChI=1S/C90H60N2O2/c1-87(2,3)49-39-43-76-67(45-49)85(93)69-47-51(48-70-83(69)92(76)77-44-40-50(88(4,5)6)46-68(77)86(70)94)91-82-63(62-30-18-26-58-54-23-9-14-36-73(54)89(79(58)62)71-34-12-7-21-52(71)53-22-8-13-35-72(53)89)31-20-32-64(82)65-42-41-57-61-29-17-27-59-55-24-10-15-37-74(55)90(80(59)61)75-38-16-11-25-56(75)60-28-19-33-66(81(60)90)78(57)84(65)91/h7-48H,1-6H3. The van der Waals surface area contributed by atoms with Crippen LogP contribution < -0.4 is 10.9 Å². The lowest BCUT2D eigenvalue weighted by Gasteiger charge is -2.32. The van der Waals surface area contributed by atoms with Crippen LogP contribution in [0.4, 0.5) is 0 Å². The van der Waals surface area contributed by atoms with Crippen molar-refractivity contribution in [2.45, 2.75) is 63.2 Å². The Kier molecular flexibility index (Phi) is 9.75. The summed E-state index contributed by atoms with van der Waals surface area (Å²) in [5, 5.41) is 4.42. The molecule has 0 bridgehead atoms. The molecule has 1 unspecified atom stereocenters. The molecule has 5 aliphatic rings. The number of benzene rings is 13. The number of hydrogen-bond acceptors (Lipinski definition) is 2. The Morgan fingerprint density at radius 1 is 0.277 bits per heavy atom. The van der Waals surface area contributed by atoms with Gasteiger partial charge in [-0.3, -0.25) is 9.59 Å². The summed E-state index contributed by atoms with van der Waals surface area (Å²) in [6.45, 7) is 13.2. The number of para-hydroxylation sites is 1. The molecule has 21 rings (SSSR count). The molecule has 1 atom stereocenters. The van der Waals surface area contributed by atoms with Crippen LogP contribution in [0.15, 0.2) is 264 Å². The quantitative estimate of drug-likeness (QED) is 0.128. The fourth-order valence-electron chi connectivity index (χ4n) is 19.0. The molecule has 3 aromatic heterocycles. The monoisotopic (exact) mass is 1200 g/mol. The average molecular weight is 1200 g/mol. The fourth-order valence-corrected chi connectivity index (χ4v) is 19.0. The van der Waals surface area contributed by atoms with Crippen molar-refractivity contribution >= 4 is 59.9 Å². The zero-order valence-electron chi connectivity index (χ0n) is 53.0. The van der Waals surface area contributed by atoms with Crippen molar-refractivity contribution in [3.05, 3.63) is 331 Å². The molecule has 442 valence electrons. The molecule has 0 amide bonds. The first kappa shape index (κ1) is 52.4. The first-order chi connectivity index (χ1) is 45.8. The summed E-state index contributed by atoms with van der Waals surface area (Å²) in [4.78, 5) is 32.7. The van der Waals surface area contributed by atoms with E-state index in [4.69, 9.17) is 0 Å². The van der Waals surface area contributed by atoms with Crippen molar-refractivity contribution in [1.29, 1.82) is 0 Å². The molecule has 2 spiro atoms. The lowest BCUT2D eigenvalue weighted by Crippen LogP contribution is -2.26. The minimum absolute atomic E-state index is 0.0947. The largest absolute Gasteiger partial charge is 0.308 e. The van der Waals surface area contributed by atoms with E-state index in [1.54, 1.807) is 0 Å². The van der Waals surface area contributed by atoms with Gasteiger partial charge in [0.2, 0.25) is 0 Å². The summed E-state index contributed by atoms with van der Waals surface area (Å²) in [5.74, 6) is 0. The number of hydrogen-bond donors (Lipinski definition) is 0. The predicted molar refractivity (Wildman–Crippen MR) is 388 cm³/mol. The van der Waals surface area contributed by atoms with Gasteiger partial charge in [-0.05, 0) is 170 Å². The second-order valence-electron chi connectivity index (χ2n) is 29.2. The van der Waals surface area contributed by atoms with Crippen LogP contribution in [0.5, 0.6) is 0 Å². The van der Waals surface area contributed by atoms with Crippen LogP contribution in [0.3, 0.4) is 0 Å². The van der Waals surface area contributed by atoms with Gasteiger partial charge in [-0.2, -0.15) is 0 Å². The van der Waals surface area contributed by atoms with Gasteiger partial charge in [-0.25, -0.2) is 0 Å². The molecule has 4 nitrogen and oxygen atoms in total. The molecule has 0 saturated carbocycles. The van der Waals surface area contributed by atoms with Gasteiger partial charge in [0.1, 0.15) is 0 Å². The van der Waals surface area contributed by atoms with Crippen molar-refractivity contribution in [1.82, 2.24) is 8.97 Å². The highest BCUT2D eigenvalue weighted by Gasteiger charge is 2.56. The Balaban J connectivity index is 0.980. The molecule has 0 N–H and O–H groups in total. The predicted octanol–water partition coefficient (Wildman–Crippen LogP) is 21.3. The van der Waals surface area contributed by atoms with Gasteiger partial charge in [-0.1, -0.05) is 260 Å². The molecule has 5 aliphatic carbocycles. The second-order valence-corrected chi connectivity index (χ2v) is 29.2. The van der Waals surface area contributed by atoms with Crippen LogP contribution in [0.25, 0.3) is 143 Å². The summed E-state index contributed by atoms with van der Waals surface area (Å²) in [7, 11) is 0. The lowest BCUT2D eigenvalue weighted by molar-refractivity contribution is 0.591. The van der Waals surface area contributed by atoms with Crippen molar-refractivity contribution in [2.24, 2.45) is 0 Å². The maximum absolute atomic E-state index is 16.3. The highest BCUT2D eigenvalue weighted by molar-refractivity contribution is 6.22. The summed E-state index contributed by atoms with van der Waals surface area (Å²) in [6.07, 6.45) is 0. The molecule has 94 heavy (non-hydrogen) atoms. The van der Waals surface area contributed by atoms with E-state index in [1.807, 2.05) is 0 Å². The maximum Gasteiger partial charge on any atom is 0.197 e. The summed E-state index contributed by atoms with van der Waals surface area (Å²) >= 11 is 0. The third kappa shape index (κ3) is 6.08. The molecule has 0 aliphatic heterocycles. The van der Waals surface area contributed by atoms with Crippen molar-refractivity contribution in [3.8, 4) is 83.6 Å². The minimum Gasteiger partial charge on any atom is -0.308 e. The zero-order valence-corrected chi connectivity index (χ0v) is 53.0. The smallest absolute Gasteiger partial charge is 0.197 e. The summed E-state index contributed by atoms with van der Waals surface area (Å²) in [5.41, 5.74) is 32.2. The average Bonchev–Trinajstić information content (AvgIpc) is 1.48. The Hall–Kier alpha value is -11.2. The third-order valence-electron chi connectivity index (χ3n) is 22.7. The summed E-state index contributed by atoms with van der Waals surface area (Å²) in [6, 6.07) is 95.1. The highest BCUT2D eigenvalue weighted by atomic mass is 16.1. The van der Waals surface area contributed by atoms with Gasteiger partial charge in [0.15, 0.2) is 10.9 Å². The van der Waals surface area contributed by atoms with Gasteiger partial charge in [0.25, 0.3) is 0 Å². The number of nitrogens with zero attached hydrogens (tertiary/aromatic N) is 2. The minimum atomic E-state index is -0.656. The molecule has 0 saturated heterocycles. The Morgan fingerprint density at radius 2 is 0.638 bits per heavy atom. The number of fused-ring (bicyclic) bond motifs is 25. The molecular formula is C90H60N2O2. The van der Waals surface area contributed by atoms with Crippen LogP contribution in [-0.2, 0) is 21.7 Å². The molecular weight excluding hydrogens is 1140 g/mol. The molecule has 13 aromatic carbocycles. The van der Waals surface area contributed by atoms with Gasteiger partial charge >= 0.3 is 0 Å². The topological polar surface area (TPSA) is 43.5 Å². The van der Waals surface area contributed by atoms with E-state index in [1.165, 1.54) is 94.6 Å². The van der Waals surface area contributed by atoms with E-state index in [0.717, 1.165) is 77.5 Å². The van der Waals surface area contributed by atoms with E-state index >= 15 is 9.59 Å². The van der Waals surface area contributed by atoms with Crippen LogP contribution in [-0.4, -0.2) is 8.97 Å². The normalized spacial score (nSPS) is 15.6. The van der Waals surface area contributed by atoms with Gasteiger partial charge in [0, 0.05) is 49.1 Å². The molecule has 0 fully saturated rings. The van der Waals surface area contributed by atoms with Crippen molar-refractivity contribution in [2.75, 3.05) is 0 Å². The van der Waals surface area contributed by atoms with Gasteiger partial charge < -0.3 is 8.97 Å². The highest BCUT2D eigenvalue weighted by Crippen LogP contribution is 2.70. The van der Waals surface area contributed by atoms with Crippen LogP contribution >= 0.6 is 0 Å². The van der Waals surface area contributed by atoms with E-state index in [0.29, 0.717) is 27.1 Å². The molecule has 0 radical (unpaired) electrons. The molecule has 4 heteroatoms. The number of aromatic nitrogens is 2. The third-order valence-corrected chi connectivity index (χ3v) is 22.7. The number of pyridine rings is 2. The number of rotatable bonds is 2. The second kappa shape index (κ2) is 17.5. The SMILES string of the molecule is CC(C)(C)c1ccc2c(c1)c(=O)c1cc(-n3c4c(-c5cccc6c5C5(c7ccccc7-c7ccccc75)c5ccccc5-6)cccc4c4ccc5c(c43)-c3cccc4c3C3(c6ccccc6-c6cccc-5c63)c3ccccc3-4)cc3c(=O)c4cc(C(C)(C)C)ccc4n2c13. The molecule has 16 aromatic rings. The Bertz CT molecular complexity index is 6180. The lowest BCUT2D eigenvalue weighted by atomic mass is 9.68. The van der Waals surface area contributed by atoms with Crippen molar-refractivity contribution < 1.29 is 0 Å².